The van der Waals surface area contributed by atoms with Gasteiger partial charge in [-0.05, 0) is 68.1 Å². The van der Waals surface area contributed by atoms with Gasteiger partial charge in [-0.25, -0.2) is 0 Å². The van der Waals surface area contributed by atoms with Crippen molar-refractivity contribution in [1.29, 1.82) is 0 Å². The van der Waals surface area contributed by atoms with Crippen molar-refractivity contribution in [3.05, 3.63) is 12.7 Å². The van der Waals surface area contributed by atoms with Crippen LogP contribution in [0.1, 0.15) is 79.6 Å². The fourth-order valence-electron chi connectivity index (χ4n) is 5.65. The first-order valence-electron chi connectivity index (χ1n) is 9.07. The minimum Gasteiger partial charge on any atom is -0.389 e. The van der Waals surface area contributed by atoms with Crippen molar-refractivity contribution < 1.29 is 10.2 Å². The molecular weight excluding hydrogens is 272 g/mol. The van der Waals surface area contributed by atoms with Crippen LogP contribution in [0.15, 0.2) is 12.7 Å². The lowest BCUT2D eigenvalue weighted by Gasteiger charge is -2.63. The Morgan fingerprint density at radius 1 is 1.23 bits per heavy atom. The SMILES string of the molecule is C=C[C@](C)(O)CC[C@@]1(O)[C@H](C)CC[C@H]2C(C)(C)CCC[C@@]21C. The molecule has 0 aromatic heterocycles. The summed E-state index contributed by atoms with van der Waals surface area (Å²) in [5, 5.41) is 22.0. The van der Waals surface area contributed by atoms with Gasteiger partial charge in [-0.3, -0.25) is 0 Å². The lowest BCUT2D eigenvalue weighted by Crippen LogP contribution is -2.62. The maximum absolute atomic E-state index is 11.7. The Balaban J connectivity index is 2.32. The van der Waals surface area contributed by atoms with Gasteiger partial charge >= 0.3 is 0 Å². The molecule has 0 aromatic rings. The zero-order chi connectivity index (χ0) is 16.8. The van der Waals surface area contributed by atoms with E-state index in [1.54, 1.807) is 13.0 Å². The second-order valence-electron chi connectivity index (χ2n) is 9.28. The Kier molecular flexibility index (Phi) is 4.61. The molecule has 0 bridgehead atoms. The van der Waals surface area contributed by atoms with E-state index < -0.39 is 11.2 Å². The van der Waals surface area contributed by atoms with Crippen molar-refractivity contribution in [2.45, 2.75) is 90.8 Å². The zero-order valence-corrected chi connectivity index (χ0v) is 15.3. The fourth-order valence-corrected chi connectivity index (χ4v) is 5.65. The molecule has 128 valence electrons. The van der Waals surface area contributed by atoms with E-state index in [1.165, 1.54) is 19.3 Å². The molecule has 2 N–H and O–H groups in total. The summed E-state index contributed by atoms with van der Waals surface area (Å²) in [5.41, 5.74) is -1.30. The Morgan fingerprint density at radius 2 is 1.86 bits per heavy atom. The predicted molar refractivity (Wildman–Crippen MR) is 92.6 cm³/mol. The highest BCUT2D eigenvalue weighted by Crippen LogP contribution is 2.63. The van der Waals surface area contributed by atoms with Crippen LogP contribution >= 0.6 is 0 Å². The van der Waals surface area contributed by atoms with Crippen LogP contribution in [-0.4, -0.2) is 21.4 Å². The van der Waals surface area contributed by atoms with E-state index in [4.69, 9.17) is 0 Å². The smallest absolute Gasteiger partial charge is 0.0798 e. The summed E-state index contributed by atoms with van der Waals surface area (Å²) in [6, 6.07) is 0. The normalized spacial score (nSPS) is 44.0. The minimum absolute atomic E-state index is 0.0380. The minimum atomic E-state index is -0.886. The highest BCUT2D eigenvalue weighted by molar-refractivity contribution is 5.11. The maximum Gasteiger partial charge on any atom is 0.0798 e. The molecule has 0 aromatic carbocycles. The third-order valence-corrected chi connectivity index (χ3v) is 7.37. The van der Waals surface area contributed by atoms with E-state index in [9.17, 15) is 10.2 Å². The summed E-state index contributed by atoms with van der Waals surface area (Å²) in [7, 11) is 0. The van der Waals surface area contributed by atoms with Crippen molar-refractivity contribution >= 4 is 0 Å². The second-order valence-corrected chi connectivity index (χ2v) is 9.28. The van der Waals surface area contributed by atoms with Gasteiger partial charge in [-0.1, -0.05) is 40.2 Å². The number of hydrogen-bond acceptors (Lipinski definition) is 2. The second kappa shape index (κ2) is 5.63. The van der Waals surface area contributed by atoms with Gasteiger partial charge in [-0.15, -0.1) is 6.58 Å². The largest absolute Gasteiger partial charge is 0.389 e. The molecule has 0 unspecified atom stereocenters. The Morgan fingerprint density at radius 3 is 2.45 bits per heavy atom. The van der Waals surface area contributed by atoms with Crippen molar-refractivity contribution in [2.75, 3.05) is 0 Å². The molecule has 0 spiro atoms. The molecule has 2 aliphatic carbocycles. The van der Waals surface area contributed by atoms with Crippen LogP contribution in [0.3, 0.4) is 0 Å². The molecule has 22 heavy (non-hydrogen) atoms. The first-order valence-corrected chi connectivity index (χ1v) is 9.07. The molecule has 2 nitrogen and oxygen atoms in total. The molecule has 2 heteroatoms. The van der Waals surface area contributed by atoms with E-state index in [2.05, 4.69) is 34.3 Å². The molecule has 2 aliphatic rings. The molecule has 2 fully saturated rings. The van der Waals surface area contributed by atoms with Crippen molar-refractivity contribution in [2.24, 2.45) is 22.7 Å². The number of aliphatic hydroxyl groups is 2. The van der Waals surface area contributed by atoms with E-state index >= 15 is 0 Å². The van der Waals surface area contributed by atoms with Crippen LogP contribution in [0, 0.1) is 22.7 Å². The van der Waals surface area contributed by atoms with Crippen LogP contribution in [0.4, 0.5) is 0 Å². The molecule has 0 saturated heterocycles. The molecule has 2 saturated carbocycles. The lowest BCUT2D eigenvalue weighted by molar-refractivity contribution is -0.215. The van der Waals surface area contributed by atoms with Crippen LogP contribution in [-0.2, 0) is 0 Å². The third kappa shape index (κ3) is 2.78. The Hall–Kier alpha value is -0.340. The molecule has 5 atom stereocenters. The summed E-state index contributed by atoms with van der Waals surface area (Å²) in [5.74, 6) is 0.867. The number of rotatable bonds is 4. The van der Waals surface area contributed by atoms with Crippen molar-refractivity contribution in [1.82, 2.24) is 0 Å². The monoisotopic (exact) mass is 308 g/mol. The molecule has 0 heterocycles. The fraction of sp³-hybridized carbons (Fsp3) is 0.900. The van der Waals surface area contributed by atoms with Crippen LogP contribution in [0.25, 0.3) is 0 Å². The van der Waals surface area contributed by atoms with Gasteiger partial charge in [0.1, 0.15) is 0 Å². The summed E-state index contributed by atoms with van der Waals surface area (Å²) in [6.45, 7) is 14.8. The predicted octanol–water partition coefficient (Wildman–Crippen LogP) is 4.70. The standard InChI is InChI=1S/C20H36O2/c1-7-18(5,21)13-14-20(22)15(2)9-10-16-17(3,4)11-8-12-19(16,20)6/h7,15-16,21-22H,1,8-14H2,2-6H3/t15-,16+,18+,19+,20-/m1/s1. The summed E-state index contributed by atoms with van der Waals surface area (Å²) < 4.78 is 0. The maximum atomic E-state index is 11.7. The lowest BCUT2D eigenvalue weighted by atomic mass is 9.44. The van der Waals surface area contributed by atoms with Gasteiger partial charge in [0.15, 0.2) is 0 Å². The molecule has 0 radical (unpaired) electrons. The number of fused-ring (bicyclic) bond motifs is 1. The molecule has 0 amide bonds. The first-order chi connectivity index (χ1) is 9.98. The highest BCUT2D eigenvalue weighted by atomic mass is 16.3. The topological polar surface area (TPSA) is 40.5 Å². The van der Waals surface area contributed by atoms with E-state index in [-0.39, 0.29) is 5.41 Å². The van der Waals surface area contributed by atoms with Crippen LogP contribution in [0.5, 0.6) is 0 Å². The summed E-state index contributed by atoms with van der Waals surface area (Å²) in [6.07, 6.45) is 8.75. The molecular formula is C20H36O2. The van der Waals surface area contributed by atoms with Gasteiger partial charge in [-0.2, -0.15) is 0 Å². The van der Waals surface area contributed by atoms with Crippen molar-refractivity contribution in [3.63, 3.8) is 0 Å². The van der Waals surface area contributed by atoms with E-state index in [0.29, 0.717) is 30.1 Å². The average molecular weight is 309 g/mol. The quantitative estimate of drug-likeness (QED) is 0.739. The van der Waals surface area contributed by atoms with Gasteiger partial charge < -0.3 is 10.2 Å². The van der Waals surface area contributed by atoms with Gasteiger partial charge in [0.05, 0.1) is 11.2 Å². The Labute approximate surface area is 137 Å². The van der Waals surface area contributed by atoms with E-state index in [1.807, 2.05) is 0 Å². The molecule has 2 rings (SSSR count). The number of hydrogen-bond donors (Lipinski definition) is 2. The average Bonchev–Trinajstić information content (AvgIpc) is 2.42. The van der Waals surface area contributed by atoms with Crippen LogP contribution < -0.4 is 0 Å². The highest BCUT2D eigenvalue weighted by Gasteiger charge is 2.61. The van der Waals surface area contributed by atoms with Crippen LogP contribution in [0.2, 0.25) is 0 Å². The van der Waals surface area contributed by atoms with Crippen molar-refractivity contribution in [3.8, 4) is 0 Å². The summed E-state index contributed by atoms with van der Waals surface area (Å²) in [4.78, 5) is 0. The van der Waals surface area contributed by atoms with Gasteiger partial charge in [0, 0.05) is 0 Å². The Bertz CT molecular complexity index is 425. The van der Waals surface area contributed by atoms with Gasteiger partial charge in [0.25, 0.3) is 0 Å². The van der Waals surface area contributed by atoms with Gasteiger partial charge in [0.2, 0.25) is 0 Å². The summed E-state index contributed by atoms with van der Waals surface area (Å²) >= 11 is 0. The molecule has 0 aliphatic heterocycles. The van der Waals surface area contributed by atoms with E-state index in [0.717, 1.165) is 12.8 Å². The third-order valence-electron chi connectivity index (χ3n) is 7.37. The zero-order valence-electron chi connectivity index (χ0n) is 15.3. The first kappa shape index (κ1) is 18.0.